The van der Waals surface area contributed by atoms with Crippen LogP contribution < -0.4 is 10.5 Å². The van der Waals surface area contributed by atoms with Crippen molar-refractivity contribution in [2.45, 2.75) is 37.5 Å². The van der Waals surface area contributed by atoms with Gasteiger partial charge in [0.15, 0.2) is 0 Å². The molecule has 3 N–H and O–H groups in total. The van der Waals surface area contributed by atoms with Crippen molar-refractivity contribution >= 4 is 0 Å². The van der Waals surface area contributed by atoms with Crippen LogP contribution in [-0.2, 0) is 0 Å². The highest BCUT2D eigenvalue weighted by atomic mass is 16.5. The van der Waals surface area contributed by atoms with Crippen molar-refractivity contribution in [3.05, 3.63) is 29.8 Å². The van der Waals surface area contributed by atoms with Gasteiger partial charge in [-0.2, -0.15) is 0 Å². The number of aliphatic hydroxyl groups is 1. The molecule has 0 radical (unpaired) electrons. The summed E-state index contributed by atoms with van der Waals surface area (Å²) in [6, 6.07) is 7.80. The Morgan fingerprint density at radius 3 is 2.94 bits per heavy atom. The maximum atomic E-state index is 10.0. The number of rotatable bonds is 0. The highest BCUT2D eigenvalue weighted by Crippen LogP contribution is 2.43. The first-order chi connectivity index (χ1) is 7.77. The van der Waals surface area contributed by atoms with E-state index in [1.807, 2.05) is 24.3 Å². The van der Waals surface area contributed by atoms with Gasteiger partial charge in [-0.15, -0.1) is 0 Å². The van der Waals surface area contributed by atoms with Crippen LogP contribution in [0.15, 0.2) is 24.3 Å². The summed E-state index contributed by atoms with van der Waals surface area (Å²) in [6.07, 6.45) is 2.65. The predicted octanol–water partition coefficient (Wildman–Crippen LogP) is 1.61. The van der Waals surface area contributed by atoms with Gasteiger partial charge in [-0.3, -0.25) is 0 Å². The van der Waals surface area contributed by atoms with E-state index < -0.39 is 0 Å². The van der Waals surface area contributed by atoms with Crippen molar-refractivity contribution in [1.29, 1.82) is 0 Å². The van der Waals surface area contributed by atoms with Gasteiger partial charge in [-0.05, 0) is 25.3 Å². The molecular weight excluding hydrogens is 202 g/mol. The molecule has 1 fully saturated rings. The lowest BCUT2D eigenvalue weighted by Gasteiger charge is -2.43. The Morgan fingerprint density at radius 2 is 2.06 bits per heavy atom. The average Bonchev–Trinajstić information content (AvgIpc) is 2.29. The van der Waals surface area contributed by atoms with Gasteiger partial charge in [-0.1, -0.05) is 18.2 Å². The summed E-state index contributed by atoms with van der Waals surface area (Å²) in [4.78, 5) is 0. The molecule has 4 atom stereocenters. The zero-order chi connectivity index (χ0) is 11.1. The molecule has 0 spiro atoms. The van der Waals surface area contributed by atoms with Crippen molar-refractivity contribution in [3.63, 3.8) is 0 Å². The number of para-hydroxylation sites is 1. The second kappa shape index (κ2) is 3.75. The van der Waals surface area contributed by atoms with Crippen LogP contribution in [-0.4, -0.2) is 17.3 Å². The van der Waals surface area contributed by atoms with Crippen LogP contribution >= 0.6 is 0 Å². The van der Waals surface area contributed by atoms with E-state index in [9.17, 15) is 5.11 Å². The standard InChI is InChI=1S/C13H17NO2/c14-13-8-4-1-2-6-10(8)16-11-7-3-5-9(15)12(11)13/h1-2,4,6,9,11-13,15H,3,5,7,14H2/t9-,11+,12-,13+/m1/s1. The molecule has 86 valence electrons. The Balaban J connectivity index is 2.00. The highest BCUT2D eigenvalue weighted by molar-refractivity contribution is 5.38. The molecule has 1 saturated carbocycles. The molecule has 1 aliphatic carbocycles. The molecule has 16 heavy (non-hydrogen) atoms. The number of aliphatic hydroxyl groups excluding tert-OH is 1. The van der Waals surface area contributed by atoms with Crippen LogP contribution in [0.5, 0.6) is 5.75 Å². The molecule has 1 heterocycles. The quantitative estimate of drug-likeness (QED) is 0.697. The summed E-state index contributed by atoms with van der Waals surface area (Å²) >= 11 is 0. The smallest absolute Gasteiger partial charge is 0.124 e. The van der Waals surface area contributed by atoms with Gasteiger partial charge in [-0.25, -0.2) is 0 Å². The molecular formula is C13H17NO2. The number of hydrogen-bond acceptors (Lipinski definition) is 3. The lowest BCUT2D eigenvalue weighted by atomic mass is 9.75. The number of hydrogen-bond donors (Lipinski definition) is 2. The topological polar surface area (TPSA) is 55.5 Å². The van der Waals surface area contributed by atoms with Crippen LogP contribution in [0.4, 0.5) is 0 Å². The van der Waals surface area contributed by atoms with E-state index in [2.05, 4.69) is 0 Å². The van der Waals surface area contributed by atoms with Gasteiger partial charge in [0.2, 0.25) is 0 Å². The van der Waals surface area contributed by atoms with Gasteiger partial charge in [0.1, 0.15) is 11.9 Å². The Hall–Kier alpha value is -1.06. The maximum Gasteiger partial charge on any atom is 0.124 e. The Morgan fingerprint density at radius 1 is 1.25 bits per heavy atom. The number of ether oxygens (including phenoxy) is 1. The van der Waals surface area contributed by atoms with E-state index in [-0.39, 0.29) is 24.2 Å². The van der Waals surface area contributed by atoms with E-state index in [4.69, 9.17) is 10.5 Å². The Kier molecular flexibility index (Phi) is 2.37. The van der Waals surface area contributed by atoms with Gasteiger partial charge in [0.05, 0.1) is 6.10 Å². The van der Waals surface area contributed by atoms with Crippen molar-refractivity contribution < 1.29 is 9.84 Å². The van der Waals surface area contributed by atoms with Crippen molar-refractivity contribution in [2.24, 2.45) is 11.7 Å². The molecule has 0 aromatic heterocycles. The summed E-state index contributed by atoms with van der Waals surface area (Å²) < 4.78 is 5.94. The Labute approximate surface area is 95.2 Å². The summed E-state index contributed by atoms with van der Waals surface area (Å²) in [5.41, 5.74) is 7.28. The maximum absolute atomic E-state index is 10.0. The second-order valence-corrected chi connectivity index (χ2v) is 4.80. The number of benzene rings is 1. The summed E-state index contributed by atoms with van der Waals surface area (Å²) in [7, 11) is 0. The lowest BCUT2D eigenvalue weighted by Crippen LogP contribution is -2.48. The van der Waals surface area contributed by atoms with Gasteiger partial charge < -0.3 is 15.6 Å². The Bertz CT molecular complexity index is 393. The third-order valence-corrected chi connectivity index (χ3v) is 3.83. The summed E-state index contributed by atoms with van der Waals surface area (Å²) in [5.74, 6) is 0.953. The molecule has 3 heteroatoms. The van der Waals surface area contributed by atoms with E-state index in [0.29, 0.717) is 0 Å². The minimum Gasteiger partial charge on any atom is -0.490 e. The number of fused-ring (bicyclic) bond motifs is 2. The van der Waals surface area contributed by atoms with Gasteiger partial charge in [0, 0.05) is 17.5 Å². The van der Waals surface area contributed by atoms with E-state index in [0.717, 1.165) is 30.6 Å². The monoisotopic (exact) mass is 219 g/mol. The average molecular weight is 219 g/mol. The van der Waals surface area contributed by atoms with E-state index in [1.165, 1.54) is 0 Å². The fourth-order valence-electron chi connectivity index (χ4n) is 3.00. The molecule has 0 bridgehead atoms. The third kappa shape index (κ3) is 1.43. The van der Waals surface area contributed by atoms with Crippen molar-refractivity contribution in [3.8, 4) is 5.75 Å². The summed E-state index contributed by atoms with van der Waals surface area (Å²) in [6.45, 7) is 0. The fraction of sp³-hybridized carbons (Fsp3) is 0.538. The molecule has 1 aromatic rings. The van der Waals surface area contributed by atoms with Crippen molar-refractivity contribution in [1.82, 2.24) is 0 Å². The molecule has 0 unspecified atom stereocenters. The molecule has 2 aliphatic rings. The zero-order valence-electron chi connectivity index (χ0n) is 9.17. The van der Waals surface area contributed by atoms with Crippen molar-refractivity contribution in [2.75, 3.05) is 0 Å². The third-order valence-electron chi connectivity index (χ3n) is 3.83. The van der Waals surface area contributed by atoms with E-state index in [1.54, 1.807) is 0 Å². The molecule has 1 aromatic carbocycles. The second-order valence-electron chi connectivity index (χ2n) is 4.80. The normalized spacial score (nSPS) is 37.1. The van der Waals surface area contributed by atoms with Crippen LogP contribution in [0.3, 0.4) is 0 Å². The molecule has 0 amide bonds. The van der Waals surface area contributed by atoms with Crippen LogP contribution in [0.25, 0.3) is 0 Å². The van der Waals surface area contributed by atoms with E-state index >= 15 is 0 Å². The lowest BCUT2D eigenvalue weighted by molar-refractivity contribution is -0.0354. The minimum atomic E-state index is -0.317. The molecule has 1 aliphatic heterocycles. The van der Waals surface area contributed by atoms with Crippen LogP contribution in [0.1, 0.15) is 30.9 Å². The minimum absolute atomic E-state index is 0.0589. The molecule has 3 rings (SSSR count). The zero-order valence-corrected chi connectivity index (χ0v) is 9.17. The van der Waals surface area contributed by atoms with Gasteiger partial charge >= 0.3 is 0 Å². The largest absolute Gasteiger partial charge is 0.490 e. The van der Waals surface area contributed by atoms with Gasteiger partial charge in [0.25, 0.3) is 0 Å². The van der Waals surface area contributed by atoms with Crippen LogP contribution in [0, 0.1) is 5.92 Å². The molecule has 3 nitrogen and oxygen atoms in total. The number of nitrogens with two attached hydrogens (primary N) is 1. The fourth-order valence-corrected chi connectivity index (χ4v) is 3.00. The first-order valence-corrected chi connectivity index (χ1v) is 5.96. The predicted molar refractivity (Wildman–Crippen MR) is 61.1 cm³/mol. The summed E-state index contributed by atoms with van der Waals surface area (Å²) in [5, 5.41) is 10.0. The highest BCUT2D eigenvalue weighted by Gasteiger charge is 2.42. The SMILES string of the molecule is N[C@H]1c2ccccc2O[C@H]2CCC[C@@H](O)[C@H]21. The first-order valence-electron chi connectivity index (χ1n) is 5.96. The van der Waals surface area contributed by atoms with Crippen LogP contribution in [0.2, 0.25) is 0 Å². The first kappa shape index (κ1) is 10.1. The molecule has 0 saturated heterocycles.